The molecule has 1 atom stereocenters. The zero-order valence-electron chi connectivity index (χ0n) is 17.5. The van der Waals surface area contributed by atoms with Gasteiger partial charge in [-0.2, -0.15) is 5.10 Å². The van der Waals surface area contributed by atoms with Gasteiger partial charge in [-0.1, -0.05) is 31.2 Å². The third-order valence-corrected chi connectivity index (χ3v) is 5.48. The first-order chi connectivity index (χ1) is 15.0. The number of rotatable bonds is 9. The number of carbonyl (C=O) groups excluding carboxylic acids is 1. The second kappa shape index (κ2) is 10.2. The molecule has 0 aliphatic carbocycles. The van der Waals surface area contributed by atoms with E-state index in [4.69, 9.17) is 10.8 Å². The Morgan fingerprint density at radius 1 is 1.29 bits per heavy atom. The van der Waals surface area contributed by atoms with Crippen LogP contribution in [0.1, 0.15) is 47.8 Å². The average molecular weight is 425 g/mol. The highest BCUT2D eigenvalue weighted by atomic mass is 16.4. The molecule has 3 rings (SSSR count). The number of anilines is 1. The number of nitrogens with one attached hydrogen (secondary N) is 1. The molecule has 1 unspecified atom stereocenters. The van der Waals surface area contributed by atoms with Gasteiger partial charge in [0.1, 0.15) is 0 Å². The zero-order chi connectivity index (χ0) is 22.4. The van der Waals surface area contributed by atoms with Gasteiger partial charge in [0.25, 0.3) is 0 Å². The fraction of sp³-hybridized carbons (Fsp3) is 0.348. The number of aromatic carboxylic acids is 1. The molecule has 1 amide bonds. The fourth-order valence-electron chi connectivity index (χ4n) is 3.86. The van der Waals surface area contributed by atoms with Crippen molar-refractivity contribution in [2.75, 3.05) is 11.9 Å². The third kappa shape index (κ3) is 5.10. The summed E-state index contributed by atoms with van der Waals surface area (Å²) in [5.41, 5.74) is 10.8. The van der Waals surface area contributed by atoms with E-state index in [0.717, 1.165) is 36.2 Å². The van der Waals surface area contributed by atoms with Crippen molar-refractivity contribution in [3.63, 3.8) is 0 Å². The van der Waals surface area contributed by atoms with Crippen LogP contribution < -0.4 is 11.1 Å². The summed E-state index contributed by atoms with van der Waals surface area (Å²) in [6.07, 6.45) is 9.05. The summed E-state index contributed by atoms with van der Waals surface area (Å²) in [6.45, 7) is 2.12. The summed E-state index contributed by atoms with van der Waals surface area (Å²) in [6, 6.07) is 5.39. The first-order valence-electron chi connectivity index (χ1n) is 10.4. The quantitative estimate of drug-likeness (QED) is 0.458. The molecule has 0 spiro atoms. The van der Waals surface area contributed by atoms with Crippen molar-refractivity contribution in [2.45, 2.75) is 45.1 Å². The smallest absolute Gasteiger partial charge is 0.337 e. The minimum atomic E-state index is -1.11. The topological polar surface area (TPSA) is 130 Å². The maximum absolute atomic E-state index is 12.6. The molecule has 1 aliphatic rings. The van der Waals surface area contributed by atoms with Crippen LogP contribution in [0.4, 0.5) is 5.69 Å². The van der Waals surface area contributed by atoms with Crippen LogP contribution in [0, 0.1) is 0 Å². The Bertz CT molecular complexity index is 1020. The van der Waals surface area contributed by atoms with Crippen LogP contribution in [0.3, 0.4) is 0 Å². The van der Waals surface area contributed by atoms with Gasteiger partial charge in [0.15, 0.2) is 0 Å². The van der Waals surface area contributed by atoms with Gasteiger partial charge in [0.05, 0.1) is 30.1 Å². The first kappa shape index (κ1) is 22.5. The van der Waals surface area contributed by atoms with Crippen molar-refractivity contribution in [1.29, 1.82) is 0 Å². The third-order valence-electron chi connectivity index (χ3n) is 5.48. The van der Waals surface area contributed by atoms with Crippen LogP contribution in [-0.4, -0.2) is 44.5 Å². The van der Waals surface area contributed by atoms with Crippen LogP contribution in [0.15, 0.2) is 48.2 Å². The number of carboxylic acid groups (broad SMARTS) is 1. The number of hydrogen-bond acceptors (Lipinski definition) is 5. The van der Waals surface area contributed by atoms with Crippen molar-refractivity contribution >= 4 is 23.3 Å². The number of nitrogens with zero attached hydrogens (tertiary/aromatic N) is 2. The van der Waals surface area contributed by atoms with E-state index in [1.54, 1.807) is 30.5 Å². The molecule has 0 saturated carbocycles. The van der Waals surface area contributed by atoms with E-state index < -0.39 is 17.9 Å². The molecule has 0 saturated heterocycles. The molecular formula is C23H28N4O4. The van der Waals surface area contributed by atoms with E-state index in [2.05, 4.69) is 17.3 Å². The summed E-state index contributed by atoms with van der Waals surface area (Å²) in [5, 5.41) is 25.5. The fourth-order valence-corrected chi connectivity index (χ4v) is 3.86. The maximum Gasteiger partial charge on any atom is 0.337 e. The zero-order valence-corrected chi connectivity index (χ0v) is 17.5. The molecule has 1 aromatic carbocycles. The minimum absolute atomic E-state index is 0.000917. The summed E-state index contributed by atoms with van der Waals surface area (Å²) in [4.78, 5) is 24.0. The second-order valence-corrected chi connectivity index (χ2v) is 7.44. The molecule has 2 heterocycles. The summed E-state index contributed by atoms with van der Waals surface area (Å²) < 4.78 is 1.93. The highest BCUT2D eigenvalue weighted by molar-refractivity contribution is 6.02. The molecule has 1 aliphatic heterocycles. The molecule has 164 valence electrons. The van der Waals surface area contributed by atoms with Crippen molar-refractivity contribution in [2.24, 2.45) is 5.73 Å². The van der Waals surface area contributed by atoms with Crippen molar-refractivity contribution < 1.29 is 19.8 Å². The SMILES string of the molecule is CCC1=C(C/C=C\CO)n2ncc(CC(N)C(=O)Nc3ccccc3C(=O)O)c2CC1. The van der Waals surface area contributed by atoms with Crippen LogP contribution in [-0.2, 0) is 17.6 Å². The first-order valence-corrected chi connectivity index (χ1v) is 10.4. The molecule has 2 aromatic rings. The van der Waals surface area contributed by atoms with E-state index in [-0.39, 0.29) is 17.9 Å². The summed E-state index contributed by atoms with van der Waals surface area (Å²) in [5.74, 6) is -1.56. The molecular weight excluding hydrogens is 396 g/mol. The van der Waals surface area contributed by atoms with Gasteiger partial charge in [-0.25, -0.2) is 9.48 Å². The predicted molar refractivity (Wildman–Crippen MR) is 119 cm³/mol. The molecule has 5 N–H and O–H groups in total. The van der Waals surface area contributed by atoms with Crippen LogP contribution in [0.2, 0.25) is 0 Å². The highest BCUT2D eigenvalue weighted by Gasteiger charge is 2.24. The lowest BCUT2D eigenvalue weighted by atomic mass is 9.95. The van der Waals surface area contributed by atoms with Crippen LogP contribution in [0.5, 0.6) is 0 Å². The second-order valence-electron chi connectivity index (χ2n) is 7.44. The lowest BCUT2D eigenvalue weighted by Crippen LogP contribution is -2.38. The standard InChI is InChI=1S/C23H28N4O4/c1-2-15-10-11-21-16(14-25-27(21)20(15)9-5-6-12-28)13-18(24)22(29)26-19-8-4-3-7-17(19)23(30)31/h3-8,14,18,28H,2,9-13,24H2,1H3,(H,26,29)(H,30,31)/b6-5-. The summed E-state index contributed by atoms with van der Waals surface area (Å²) >= 11 is 0. The van der Waals surface area contributed by atoms with Gasteiger partial charge in [0.2, 0.25) is 5.91 Å². The molecule has 8 heteroatoms. The molecule has 8 nitrogen and oxygen atoms in total. The highest BCUT2D eigenvalue weighted by Crippen LogP contribution is 2.31. The Balaban J connectivity index is 1.76. The number of amides is 1. The van der Waals surface area contributed by atoms with E-state index in [9.17, 15) is 14.7 Å². The molecule has 1 aromatic heterocycles. The Kier molecular flexibility index (Phi) is 7.38. The van der Waals surface area contributed by atoms with E-state index >= 15 is 0 Å². The number of aliphatic hydroxyl groups excluding tert-OH is 1. The molecule has 0 radical (unpaired) electrons. The Hall–Kier alpha value is -3.23. The van der Waals surface area contributed by atoms with E-state index in [1.165, 1.54) is 11.6 Å². The monoisotopic (exact) mass is 424 g/mol. The number of fused-ring (bicyclic) bond motifs is 1. The van der Waals surface area contributed by atoms with E-state index in [0.29, 0.717) is 12.8 Å². The number of hydrogen-bond donors (Lipinski definition) is 4. The largest absolute Gasteiger partial charge is 0.478 e. The van der Waals surface area contributed by atoms with Gasteiger partial charge in [-0.05, 0) is 49.0 Å². The Labute approximate surface area is 181 Å². The molecule has 0 fully saturated rings. The number of aliphatic hydroxyl groups is 1. The van der Waals surface area contributed by atoms with Crippen LogP contribution >= 0.6 is 0 Å². The summed E-state index contributed by atoms with van der Waals surface area (Å²) in [7, 11) is 0. The van der Waals surface area contributed by atoms with Crippen LogP contribution in [0.25, 0.3) is 5.70 Å². The van der Waals surface area contributed by atoms with Crippen molar-refractivity contribution in [3.05, 3.63) is 65.0 Å². The Morgan fingerprint density at radius 2 is 2.06 bits per heavy atom. The number of allylic oxidation sites excluding steroid dienone is 3. The molecule has 31 heavy (non-hydrogen) atoms. The number of carboxylic acids is 1. The maximum atomic E-state index is 12.6. The normalized spacial score (nSPS) is 14.5. The van der Waals surface area contributed by atoms with E-state index in [1.807, 2.05) is 10.8 Å². The number of aromatic nitrogens is 2. The van der Waals surface area contributed by atoms with Crippen molar-refractivity contribution in [1.82, 2.24) is 9.78 Å². The predicted octanol–water partition coefficient (Wildman–Crippen LogP) is 2.60. The van der Waals surface area contributed by atoms with Gasteiger partial charge in [0, 0.05) is 17.8 Å². The van der Waals surface area contributed by atoms with Gasteiger partial charge >= 0.3 is 5.97 Å². The number of para-hydroxylation sites is 1. The number of carbonyl (C=O) groups is 2. The Morgan fingerprint density at radius 3 is 2.77 bits per heavy atom. The van der Waals surface area contributed by atoms with Gasteiger partial charge in [-0.3, -0.25) is 4.79 Å². The lowest BCUT2D eigenvalue weighted by molar-refractivity contribution is -0.117. The van der Waals surface area contributed by atoms with Gasteiger partial charge in [-0.15, -0.1) is 0 Å². The number of benzene rings is 1. The minimum Gasteiger partial charge on any atom is -0.478 e. The van der Waals surface area contributed by atoms with Crippen molar-refractivity contribution in [3.8, 4) is 0 Å². The number of nitrogens with two attached hydrogens (primary N) is 1. The lowest BCUT2D eigenvalue weighted by Gasteiger charge is -2.22. The molecule has 0 bridgehead atoms. The van der Waals surface area contributed by atoms with Gasteiger partial charge < -0.3 is 21.3 Å². The average Bonchev–Trinajstić information content (AvgIpc) is 3.17.